The summed E-state index contributed by atoms with van der Waals surface area (Å²) < 4.78 is 5.70. The molecule has 0 unspecified atom stereocenters. The van der Waals surface area contributed by atoms with E-state index in [9.17, 15) is 4.79 Å². The van der Waals surface area contributed by atoms with Crippen LogP contribution in [0.3, 0.4) is 0 Å². The number of rotatable bonds is 6. The molecule has 2 rings (SSSR count). The van der Waals surface area contributed by atoms with Crippen molar-refractivity contribution in [3.8, 4) is 5.75 Å². The van der Waals surface area contributed by atoms with Gasteiger partial charge in [-0.25, -0.2) is 0 Å². The maximum absolute atomic E-state index is 12.9. The fourth-order valence-corrected chi connectivity index (χ4v) is 2.54. The van der Waals surface area contributed by atoms with Crippen molar-refractivity contribution in [3.05, 3.63) is 65.0 Å². The molecule has 2 aromatic rings. The molecule has 0 bridgehead atoms. The predicted molar refractivity (Wildman–Crippen MR) is 97.9 cm³/mol. The van der Waals surface area contributed by atoms with Crippen molar-refractivity contribution in [1.29, 1.82) is 0 Å². The first-order chi connectivity index (χ1) is 11.5. The van der Waals surface area contributed by atoms with Gasteiger partial charge in [-0.2, -0.15) is 0 Å². The topological polar surface area (TPSA) is 51.2 Å². The number of nitrogens with one attached hydrogen (secondary N) is 1. The molecule has 1 aromatic heterocycles. The first-order valence-corrected chi connectivity index (χ1v) is 8.09. The molecular formula is C20H24N2O2. The zero-order valence-electron chi connectivity index (χ0n) is 14.8. The Morgan fingerprint density at radius 3 is 2.75 bits per heavy atom. The Morgan fingerprint density at radius 1 is 1.33 bits per heavy atom. The van der Waals surface area contributed by atoms with Crippen molar-refractivity contribution in [2.24, 2.45) is 0 Å². The third-order valence-corrected chi connectivity index (χ3v) is 3.96. The fourth-order valence-electron chi connectivity index (χ4n) is 2.54. The highest BCUT2D eigenvalue weighted by Gasteiger charge is 2.20. The Balaban J connectivity index is 2.43. The summed E-state index contributed by atoms with van der Waals surface area (Å²) in [6, 6.07) is 7.65. The Labute approximate surface area is 143 Å². The number of nitrogens with zero attached hydrogens (tertiary/aromatic N) is 1. The van der Waals surface area contributed by atoms with E-state index in [0.29, 0.717) is 24.3 Å². The zero-order valence-corrected chi connectivity index (χ0v) is 14.8. The van der Waals surface area contributed by atoms with Crippen LogP contribution < -0.4 is 10.1 Å². The average Bonchev–Trinajstić information content (AvgIpc) is 2.56. The van der Waals surface area contributed by atoms with Crippen LogP contribution in [0.25, 0.3) is 0 Å². The first kappa shape index (κ1) is 17.7. The minimum Gasteiger partial charge on any atom is -0.489 e. The van der Waals surface area contributed by atoms with E-state index >= 15 is 0 Å². The number of hydrogen-bond acceptors (Lipinski definition) is 3. The number of amides is 1. The van der Waals surface area contributed by atoms with E-state index in [-0.39, 0.29) is 5.91 Å². The molecule has 0 atom stereocenters. The third-order valence-electron chi connectivity index (χ3n) is 3.96. The molecule has 0 saturated heterocycles. The Hall–Kier alpha value is -2.62. The smallest absolute Gasteiger partial charge is 0.261 e. The summed E-state index contributed by atoms with van der Waals surface area (Å²) in [6.07, 6.45) is 2.31. The molecule has 0 aliphatic carbocycles. The van der Waals surface area contributed by atoms with Crippen LogP contribution in [-0.4, -0.2) is 17.5 Å². The van der Waals surface area contributed by atoms with Crippen LogP contribution in [0.5, 0.6) is 5.75 Å². The van der Waals surface area contributed by atoms with Crippen LogP contribution in [0.4, 0.5) is 5.69 Å². The van der Waals surface area contributed by atoms with Gasteiger partial charge in [0.1, 0.15) is 17.9 Å². The van der Waals surface area contributed by atoms with Crippen LogP contribution in [0.2, 0.25) is 0 Å². The van der Waals surface area contributed by atoms with Crippen molar-refractivity contribution in [3.63, 3.8) is 0 Å². The van der Waals surface area contributed by atoms with Crippen LogP contribution >= 0.6 is 0 Å². The summed E-state index contributed by atoms with van der Waals surface area (Å²) >= 11 is 0. The second kappa shape index (κ2) is 7.77. The molecule has 0 aliphatic rings. The van der Waals surface area contributed by atoms with Crippen molar-refractivity contribution in [2.75, 3.05) is 11.9 Å². The van der Waals surface area contributed by atoms with E-state index in [1.54, 1.807) is 12.1 Å². The van der Waals surface area contributed by atoms with Gasteiger partial charge >= 0.3 is 0 Å². The lowest BCUT2D eigenvalue weighted by Crippen LogP contribution is -2.18. The molecule has 1 amide bonds. The van der Waals surface area contributed by atoms with Crippen molar-refractivity contribution < 1.29 is 9.53 Å². The Kier molecular flexibility index (Phi) is 5.74. The maximum Gasteiger partial charge on any atom is 0.261 e. The van der Waals surface area contributed by atoms with Crippen LogP contribution in [0.15, 0.2) is 36.9 Å². The third kappa shape index (κ3) is 3.82. The maximum atomic E-state index is 12.9. The van der Waals surface area contributed by atoms with E-state index in [2.05, 4.69) is 16.9 Å². The van der Waals surface area contributed by atoms with Crippen molar-refractivity contribution in [1.82, 2.24) is 4.98 Å². The SMILES string of the molecule is C=CCOc1cc(C)nc(CC)c1C(=O)Nc1cccc(C)c1C. The monoisotopic (exact) mass is 324 g/mol. The highest BCUT2D eigenvalue weighted by molar-refractivity contribution is 6.07. The summed E-state index contributed by atoms with van der Waals surface area (Å²) in [7, 11) is 0. The Bertz CT molecular complexity index is 766. The van der Waals surface area contributed by atoms with Gasteiger partial charge in [-0.05, 0) is 44.4 Å². The number of hydrogen-bond donors (Lipinski definition) is 1. The molecular weight excluding hydrogens is 300 g/mol. The number of carbonyl (C=O) groups is 1. The Morgan fingerprint density at radius 2 is 2.08 bits per heavy atom. The van der Waals surface area contributed by atoms with E-state index in [4.69, 9.17) is 4.74 Å². The van der Waals surface area contributed by atoms with Crippen molar-refractivity contribution >= 4 is 11.6 Å². The van der Waals surface area contributed by atoms with Gasteiger partial charge in [-0.1, -0.05) is 31.7 Å². The molecule has 4 heteroatoms. The van der Waals surface area contributed by atoms with Gasteiger partial charge in [0.2, 0.25) is 0 Å². The highest BCUT2D eigenvalue weighted by Crippen LogP contribution is 2.26. The fraction of sp³-hybridized carbons (Fsp3) is 0.300. The number of ether oxygens (including phenoxy) is 1. The van der Waals surface area contributed by atoms with Gasteiger partial charge in [0.05, 0.1) is 5.69 Å². The lowest BCUT2D eigenvalue weighted by atomic mass is 10.1. The van der Waals surface area contributed by atoms with Gasteiger partial charge in [-0.3, -0.25) is 9.78 Å². The molecule has 0 radical (unpaired) electrons. The zero-order chi connectivity index (χ0) is 17.7. The number of aryl methyl sites for hydroxylation is 3. The minimum atomic E-state index is -0.202. The number of benzene rings is 1. The van der Waals surface area contributed by atoms with Gasteiger partial charge < -0.3 is 10.1 Å². The quantitative estimate of drug-likeness (QED) is 0.802. The lowest BCUT2D eigenvalue weighted by molar-refractivity contribution is 0.102. The molecule has 0 saturated carbocycles. The number of anilines is 1. The van der Waals surface area contributed by atoms with Gasteiger partial charge in [-0.15, -0.1) is 0 Å². The van der Waals surface area contributed by atoms with Crippen molar-refractivity contribution in [2.45, 2.75) is 34.1 Å². The normalized spacial score (nSPS) is 10.3. The molecule has 0 fully saturated rings. The summed E-state index contributed by atoms with van der Waals surface area (Å²) in [4.78, 5) is 17.4. The summed E-state index contributed by atoms with van der Waals surface area (Å²) in [5.41, 5.74) is 5.04. The number of pyridine rings is 1. The molecule has 1 heterocycles. The van der Waals surface area contributed by atoms with E-state index in [1.165, 1.54) is 0 Å². The molecule has 126 valence electrons. The standard InChI is InChI=1S/C20H24N2O2/c1-6-11-24-18-12-14(4)21-16(7-2)19(18)20(23)22-17-10-8-9-13(3)15(17)5/h6,8-10,12H,1,7,11H2,2-5H3,(H,22,23). The largest absolute Gasteiger partial charge is 0.489 e. The molecule has 0 aliphatic heterocycles. The van der Waals surface area contributed by atoms with E-state index < -0.39 is 0 Å². The van der Waals surface area contributed by atoms with E-state index in [1.807, 2.05) is 45.9 Å². The van der Waals surface area contributed by atoms with E-state index in [0.717, 1.165) is 28.2 Å². The van der Waals surface area contributed by atoms with Gasteiger partial charge in [0.25, 0.3) is 5.91 Å². The molecule has 1 N–H and O–H groups in total. The molecule has 0 spiro atoms. The van der Waals surface area contributed by atoms with Gasteiger partial charge in [0.15, 0.2) is 0 Å². The molecule has 24 heavy (non-hydrogen) atoms. The van der Waals surface area contributed by atoms with Crippen LogP contribution in [0.1, 0.15) is 39.8 Å². The second-order valence-corrected chi connectivity index (χ2v) is 5.74. The summed E-state index contributed by atoms with van der Waals surface area (Å²) in [6.45, 7) is 11.9. The minimum absolute atomic E-state index is 0.202. The molecule has 1 aromatic carbocycles. The number of carbonyl (C=O) groups excluding carboxylic acids is 1. The number of aromatic nitrogens is 1. The van der Waals surface area contributed by atoms with Crippen LogP contribution in [0, 0.1) is 20.8 Å². The highest BCUT2D eigenvalue weighted by atomic mass is 16.5. The second-order valence-electron chi connectivity index (χ2n) is 5.74. The van der Waals surface area contributed by atoms with Gasteiger partial charge in [0, 0.05) is 17.4 Å². The lowest BCUT2D eigenvalue weighted by Gasteiger charge is -2.16. The van der Waals surface area contributed by atoms with Crippen LogP contribution in [-0.2, 0) is 6.42 Å². The predicted octanol–water partition coefficient (Wildman–Crippen LogP) is 4.39. The molecule has 4 nitrogen and oxygen atoms in total. The summed E-state index contributed by atoms with van der Waals surface area (Å²) in [5.74, 6) is 0.342. The summed E-state index contributed by atoms with van der Waals surface area (Å²) in [5, 5.41) is 2.99. The average molecular weight is 324 g/mol. The first-order valence-electron chi connectivity index (χ1n) is 8.09.